The molecule has 0 aliphatic heterocycles. The number of nitriles is 1. The fourth-order valence-corrected chi connectivity index (χ4v) is 5.45. The zero-order valence-electron chi connectivity index (χ0n) is 28.4. The highest BCUT2D eigenvalue weighted by Crippen LogP contribution is 2.40. The molecule has 0 fully saturated rings. The van der Waals surface area contributed by atoms with Gasteiger partial charge in [0.2, 0.25) is 0 Å². The lowest BCUT2D eigenvalue weighted by Crippen LogP contribution is -2.44. The SMILES string of the molecule is CC(C)S(=O)(=O)c1ccc(-c2cnc(N(C(=O)OC(C)(C)C)C(=O)OC(C)(C)C)c(-c3cc(-c4ccc(C#N)cc4C(F)(F)F)no3)n2)cc1. The number of ether oxygens (including phenoxy) is 2. The smallest absolute Gasteiger partial charge is 0.425 e. The second-order valence-electron chi connectivity index (χ2n) is 13.3. The van der Waals surface area contributed by atoms with Gasteiger partial charge in [0.25, 0.3) is 0 Å². The second-order valence-corrected chi connectivity index (χ2v) is 15.8. The van der Waals surface area contributed by atoms with Gasteiger partial charge < -0.3 is 14.0 Å². The van der Waals surface area contributed by atoms with Gasteiger partial charge in [-0.05, 0) is 79.7 Å². The lowest BCUT2D eigenvalue weighted by molar-refractivity contribution is -0.137. The van der Waals surface area contributed by atoms with Gasteiger partial charge in [-0.3, -0.25) is 0 Å². The van der Waals surface area contributed by atoms with Crippen LogP contribution < -0.4 is 4.90 Å². The standard InChI is InChI=1S/C34H34F3N5O7S/c1-19(2)50(45,46)22-12-10-21(11-13-22)26-18-39-29(42(30(43)47-32(3,4)5)31(44)48-33(6,7)8)28(40-26)27-16-25(41-49-27)23-14-9-20(17-38)15-24(23)34(35,36)37/h9-16,18-19H,1-8H3. The third-order valence-electron chi connectivity index (χ3n) is 6.69. The third-order valence-corrected chi connectivity index (χ3v) is 8.86. The first-order valence-corrected chi connectivity index (χ1v) is 16.6. The number of hydrogen-bond donors (Lipinski definition) is 0. The number of carbonyl (C=O) groups is 2. The number of alkyl halides is 3. The van der Waals surface area contributed by atoms with Crippen molar-refractivity contribution >= 4 is 27.8 Å². The number of rotatable bonds is 6. The first-order valence-electron chi connectivity index (χ1n) is 15.1. The minimum atomic E-state index is -4.87. The summed E-state index contributed by atoms with van der Waals surface area (Å²) in [6.45, 7) is 12.5. The van der Waals surface area contributed by atoms with Crippen molar-refractivity contribution < 1.29 is 45.2 Å². The highest BCUT2D eigenvalue weighted by molar-refractivity contribution is 7.92. The van der Waals surface area contributed by atoms with E-state index in [1.807, 2.05) is 0 Å². The summed E-state index contributed by atoms with van der Waals surface area (Å²) in [6.07, 6.45) is -6.08. The van der Waals surface area contributed by atoms with Crippen molar-refractivity contribution in [2.75, 3.05) is 4.90 Å². The maximum absolute atomic E-state index is 14.0. The van der Waals surface area contributed by atoms with Crippen LogP contribution in [0, 0.1) is 11.3 Å². The first-order chi connectivity index (χ1) is 23.0. The Morgan fingerprint density at radius 1 is 0.900 bits per heavy atom. The van der Waals surface area contributed by atoms with Crippen molar-refractivity contribution in [3.05, 3.63) is 65.9 Å². The number of aromatic nitrogens is 3. The summed E-state index contributed by atoms with van der Waals surface area (Å²) in [7, 11) is -3.60. The van der Waals surface area contributed by atoms with Crippen LogP contribution in [-0.4, -0.2) is 52.2 Å². The predicted molar refractivity (Wildman–Crippen MR) is 175 cm³/mol. The van der Waals surface area contributed by atoms with Gasteiger partial charge in [-0.2, -0.15) is 23.3 Å². The lowest BCUT2D eigenvalue weighted by atomic mass is 10.0. The number of amides is 2. The van der Waals surface area contributed by atoms with Gasteiger partial charge in [0.15, 0.2) is 27.1 Å². The van der Waals surface area contributed by atoms with Crippen LogP contribution in [0.4, 0.5) is 28.6 Å². The van der Waals surface area contributed by atoms with Gasteiger partial charge >= 0.3 is 18.4 Å². The van der Waals surface area contributed by atoms with E-state index >= 15 is 0 Å². The highest BCUT2D eigenvalue weighted by atomic mass is 32.2. The molecule has 2 amide bonds. The van der Waals surface area contributed by atoms with Gasteiger partial charge in [0, 0.05) is 17.2 Å². The number of carbonyl (C=O) groups excluding carboxylic acids is 2. The Morgan fingerprint density at radius 2 is 1.48 bits per heavy atom. The molecule has 0 saturated heterocycles. The zero-order chi connectivity index (χ0) is 37.4. The van der Waals surface area contributed by atoms with E-state index in [-0.39, 0.29) is 33.3 Å². The molecule has 4 aromatic rings. The largest absolute Gasteiger partial charge is 0.443 e. The molecule has 0 saturated carbocycles. The molecule has 50 heavy (non-hydrogen) atoms. The average molecular weight is 714 g/mol. The van der Waals surface area contributed by atoms with Crippen molar-refractivity contribution in [2.24, 2.45) is 0 Å². The molecule has 0 N–H and O–H groups in total. The molecular formula is C34H34F3N5O7S. The number of imide groups is 1. The van der Waals surface area contributed by atoms with E-state index in [9.17, 15) is 36.4 Å². The number of nitrogens with zero attached hydrogens (tertiary/aromatic N) is 5. The number of hydrogen-bond acceptors (Lipinski definition) is 11. The molecule has 16 heteroatoms. The van der Waals surface area contributed by atoms with Crippen molar-refractivity contribution in [1.29, 1.82) is 5.26 Å². The van der Waals surface area contributed by atoms with Crippen LogP contribution in [0.25, 0.3) is 34.0 Å². The molecule has 2 heterocycles. The van der Waals surface area contributed by atoms with E-state index in [2.05, 4.69) is 15.1 Å². The van der Waals surface area contributed by atoms with Gasteiger partial charge in [-0.25, -0.2) is 28.0 Å². The van der Waals surface area contributed by atoms with E-state index in [4.69, 9.17) is 14.0 Å². The predicted octanol–water partition coefficient (Wildman–Crippen LogP) is 8.21. The number of halogens is 3. The normalized spacial score (nSPS) is 12.4. The molecule has 0 radical (unpaired) electrons. The Labute approximate surface area is 286 Å². The maximum Gasteiger partial charge on any atom is 0.425 e. The Balaban J connectivity index is 1.96. The quantitative estimate of drug-likeness (QED) is 0.189. The van der Waals surface area contributed by atoms with Crippen molar-refractivity contribution in [3.63, 3.8) is 0 Å². The van der Waals surface area contributed by atoms with E-state index in [1.54, 1.807) is 61.5 Å². The van der Waals surface area contributed by atoms with Crippen LogP contribution in [0.3, 0.4) is 0 Å². The molecule has 0 spiro atoms. The fraction of sp³-hybridized carbons (Fsp3) is 0.353. The molecule has 2 aromatic heterocycles. The van der Waals surface area contributed by atoms with E-state index in [1.165, 1.54) is 36.5 Å². The lowest BCUT2D eigenvalue weighted by Gasteiger charge is -2.28. The van der Waals surface area contributed by atoms with Crippen LogP contribution >= 0.6 is 0 Å². The Bertz CT molecular complexity index is 2050. The van der Waals surface area contributed by atoms with Gasteiger partial charge in [0.1, 0.15) is 16.9 Å². The highest BCUT2D eigenvalue weighted by Gasteiger charge is 2.38. The fourth-order valence-electron chi connectivity index (χ4n) is 4.39. The van der Waals surface area contributed by atoms with Crippen LogP contribution in [0.2, 0.25) is 0 Å². The van der Waals surface area contributed by atoms with E-state index in [0.717, 1.165) is 12.1 Å². The van der Waals surface area contributed by atoms with Crippen LogP contribution in [0.1, 0.15) is 66.5 Å². The summed E-state index contributed by atoms with van der Waals surface area (Å²) in [4.78, 5) is 36.5. The minimum absolute atomic E-state index is 0.0600. The van der Waals surface area contributed by atoms with Gasteiger partial charge in [-0.1, -0.05) is 23.4 Å². The first kappa shape index (κ1) is 37.5. The van der Waals surface area contributed by atoms with Crippen LogP contribution in [0.5, 0.6) is 0 Å². The zero-order valence-corrected chi connectivity index (χ0v) is 29.2. The average Bonchev–Trinajstić information content (AvgIpc) is 3.49. The maximum atomic E-state index is 14.0. The molecule has 2 aromatic carbocycles. The summed E-state index contributed by atoms with van der Waals surface area (Å²) >= 11 is 0. The molecule has 12 nitrogen and oxygen atoms in total. The van der Waals surface area contributed by atoms with Crippen molar-refractivity contribution in [1.82, 2.24) is 15.1 Å². The van der Waals surface area contributed by atoms with Crippen LogP contribution in [-0.2, 0) is 25.5 Å². The van der Waals surface area contributed by atoms with Crippen molar-refractivity contribution in [2.45, 2.75) is 82.9 Å². The second kappa shape index (κ2) is 13.5. The Kier molecular flexibility index (Phi) is 10.2. The molecule has 0 aliphatic carbocycles. The molecule has 4 rings (SSSR count). The Hall–Kier alpha value is -5.30. The van der Waals surface area contributed by atoms with Crippen LogP contribution in [0.15, 0.2) is 64.1 Å². The molecule has 0 bridgehead atoms. The minimum Gasteiger partial charge on any atom is -0.443 e. The molecule has 0 atom stereocenters. The van der Waals surface area contributed by atoms with E-state index in [0.29, 0.717) is 16.5 Å². The topological polar surface area (TPSA) is 166 Å². The molecule has 264 valence electrons. The van der Waals surface area contributed by atoms with Crippen molar-refractivity contribution in [3.8, 4) is 40.0 Å². The summed E-state index contributed by atoms with van der Waals surface area (Å²) in [5.41, 5.74) is -4.15. The molecule has 0 unspecified atom stereocenters. The van der Waals surface area contributed by atoms with Gasteiger partial charge in [0.05, 0.1) is 39.2 Å². The Morgan fingerprint density at radius 3 is 1.98 bits per heavy atom. The number of anilines is 1. The van der Waals surface area contributed by atoms with Gasteiger partial charge in [-0.15, -0.1) is 0 Å². The number of benzene rings is 2. The molecular weight excluding hydrogens is 679 g/mol. The summed E-state index contributed by atoms with van der Waals surface area (Å²) in [5, 5.41) is 12.3. The monoisotopic (exact) mass is 713 g/mol. The third kappa shape index (κ3) is 8.46. The summed E-state index contributed by atoms with van der Waals surface area (Å²) in [5.74, 6) is -0.771. The molecule has 0 aliphatic rings. The van der Waals surface area contributed by atoms with E-state index < -0.39 is 61.6 Å². The summed E-state index contributed by atoms with van der Waals surface area (Å²) in [6, 6.07) is 11.4. The summed E-state index contributed by atoms with van der Waals surface area (Å²) < 4.78 is 83.9. The number of sulfone groups is 1.